The van der Waals surface area contributed by atoms with Crippen LogP contribution in [0.3, 0.4) is 0 Å². The SMILES string of the molecule is CC(C)COc1c(C(=O)NC2C3CC4CC(C3)CC2C4)cnn1C=CC(C)(C)C(=O)Nc1nc[nH]c1C(N)=O. The number of carbonyl (C=O) groups excluding carboxylic acids is 3. The van der Waals surface area contributed by atoms with E-state index in [1.54, 1.807) is 26.1 Å². The van der Waals surface area contributed by atoms with Crippen LogP contribution in [-0.2, 0) is 4.79 Å². The number of nitrogens with one attached hydrogen (secondary N) is 3. The van der Waals surface area contributed by atoms with E-state index >= 15 is 0 Å². The molecule has 0 radical (unpaired) electrons. The van der Waals surface area contributed by atoms with Crippen molar-refractivity contribution in [3.63, 3.8) is 0 Å². The third-order valence-corrected chi connectivity index (χ3v) is 8.41. The molecule has 4 bridgehead atoms. The summed E-state index contributed by atoms with van der Waals surface area (Å²) in [7, 11) is 0. The highest BCUT2D eigenvalue weighted by Crippen LogP contribution is 2.53. The number of aromatic amines is 1. The van der Waals surface area contributed by atoms with Crippen LogP contribution in [0.4, 0.5) is 5.82 Å². The smallest absolute Gasteiger partial charge is 0.269 e. The van der Waals surface area contributed by atoms with Gasteiger partial charge in [-0.2, -0.15) is 5.10 Å². The molecule has 2 aromatic rings. The predicted octanol–water partition coefficient (Wildman–Crippen LogP) is 3.43. The molecule has 0 aliphatic heterocycles. The Kier molecular flexibility index (Phi) is 7.26. The number of primary amides is 1. The molecule has 0 aromatic carbocycles. The van der Waals surface area contributed by atoms with Gasteiger partial charge in [-0.15, -0.1) is 0 Å². The van der Waals surface area contributed by atoms with Crippen molar-refractivity contribution < 1.29 is 19.1 Å². The summed E-state index contributed by atoms with van der Waals surface area (Å²) in [5.41, 5.74) is 4.73. The van der Waals surface area contributed by atoms with Crippen molar-refractivity contribution in [3.8, 4) is 5.88 Å². The number of amides is 3. The largest absolute Gasteiger partial charge is 0.477 e. The quantitative estimate of drug-likeness (QED) is 0.364. The standard InChI is InChI=1S/C28H39N7O4/c1-15(2)13-39-26-20(25(37)33-21-18-8-16-7-17(10-18)11-19(21)9-16)12-32-35(26)6-5-28(3,4)27(38)34-24-22(23(29)36)30-14-31-24/h5-6,12,14-19,21H,7-11,13H2,1-4H3,(H2,29,36)(H,30,31)(H,33,37)(H,34,38). The van der Waals surface area contributed by atoms with Gasteiger partial charge in [-0.25, -0.2) is 9.67 Å². The maximum absolute atomic E-state index is 13.5. The normalized spacial score (nSPS) is 25.8. The number of aromatic nitrogens is 4. The fourth-order valence-corrected chi connectivity index (χ4v) is 6.57. The van der Waals surface area contributed by atoms with Crippen molar-refractivity contribution in [2.75, 3.05) is 11.9 Å². The maximum Gasteiger partial charge on any atom is 0.269 e. The highest BCUT2D eigenvalue weighted by molar-refractivity contribution is 6.02. The van der Waals surface area contributed by atoms with Crippen molar-refractivity contribution >= 4 is 29.7 Å². The minimum atomic E-state index is -1.02. The van der Waals surface area contributed by atoms with Crippen LogP contribution in [0.15, 0.2) is 18.6 Å². The molecule has 3 amide bonds. The monoisotopic (exact) mass is 537 g/mol. The molecule has 2 aromatic heterocycles. The molecule has 4 aliphatic carbocycles. The minimum Gasteiger partial charge on any atom is -0.477 e. The lowest BCUT2D eigenvalue weighted by Gasteiger charge is -2.54. The third kappa shape index (κ3) is 5.58. The Hall–Kier alpha value is -3.63. The molecule has 4 fully saturated rings. The molecule has 39 heavy (non-hydrogen) atoms. The molecule has 11 nitrogen and oxygen atoms in total. The van der Waals surface area contributed by atoms with Gasteiger partial charge >= 0.3 is 0 Å². The van der Waals surface area contributed by atoms with Crippen LogP contribution < -0.4 is 21.1 Å². The first-order valence-electron chi connectivity index (χ1n) is 13.9. The Labute approximate surface area is 228 Å². The summed E-state index contributed by atoms with van der Waals surface area (Å²) >= 11 is 0. The molecule has 0 spiro atoms. The van der Waals surface area contributed by atoms with Crippen LogP contribution in [0.1, 0.15) is 80.6 Å². The molecule has 0 atom stereocenters. The van der Waals surface area contributed by atoms with Gasteiger partial charge in [-0.1, -0.05) is 19.9 Å². The second-order valence-electron chi connectivity index (χ2n) is 12.4. The van der Waals surface area contributed by atoms with Crippen molar-refractivity contribution in [2.24, 2.45) is 40.7 Å². The van der Waals surface area contributed by atoms with Crippen LogP contribution in [0, 0.1) is 35.0 Å². The topological polar surface area (TPSA) is 157 Å². The summed E-state index contributed by atoms with van der Waals surface area (Å²) in [6.07, 6.45) is 12.3. The average Bonchev–Trinajstić information content (AvgIpc) is 3.50. The van der Waals surface area contributed by atoms with Crippen LogP contribution >= 0.6 is 0 Å². The van der Waals surface area contributed by atoms with Crippen LogP contribution in [-0.4, -0.2) is 50.1 Å². The minimum absolute atomic E-state index is 0.0226. The molecule has 11 heteroatoms. The zero-order chi connectivity index (χ0) is 27.9. The summed E-state index contributed by atoms with van der Waals surface area (Å²) in [6.45, 7) is 7.92. The zero-order valence-corrected chi connectivity index (χ0v) is 23.1. The highest BCUT2D eigenvalue weighted by Gasteiger charge is 2.48. The van der Waals surface area contributed by atoms with Gasteiger partial charge < -0.3 is 26.1 Å². The number of rotatable bonds is 10. The Morgan fingerprint density at radius 3 is 2.46 bits per heavy atom. The number of imidazole rings is 1. The van der Waals surface area contributed by atoms with E-state index in [9.17, 15) is 14.4 Å². The highest BCUT2D eigenvalue weighted by atomic mass is 16.5. The number of ether oxygens (including phenoxy) is 1. The Balaban J connectivity index is 1.32. The molecular weight excluding hydrogens is 498 g/mol. The summed E-state index contributed by atoms with van der Waals surface area (Å²) in [4.78, 5) is 44.6. The van der Waals surface area contributed by atoms with Gasteiger partial charge in [0.25, 0.3) is 11.8 Å². The summed E-state index contributed by atoms with van der Waals surface area (Å²) in [6, 6.07) is 0.206. The molecular formula is C28H39N7O4. The zero-order valence-electron chi connectivity index (χ0n) is 23.1. The van der Waals surface area contributed by atoms with Gasteiger partial charge in [-0.05, 0) is 75.5 Å². The number of carbonyl (C=O) groups is 3. The first kappa shape index (κ1) is 27.0. The molecule has 5 N–H and O–H groups in total. The third-order valence-electron chi connectivity index (χ3n) is 8.41. The van der Waals surface area contributed by atoms with Crippen LogP contribution in [0.25, 0.3) is 6.20 Å². The number of H-pyrrole nitrogens is 1. The van der Waals surface area contributed by atoms with Crippen molar-refractivity contribution in [1.29, 1.82) is 0 Å². The predicted molar refractivity (Wildman–Crippen MR) is 146 cm³/mol. The van der Waals surface area contributed by atoms with E-state index in [2.05, 4.69) is 25.7 Å². The van der Waals surface area contributed by atoms with Crippen molar-refractivity contribution in [2.45, 2.75) is 65.8 Å². The summed E-state index contributed by atoms with van der Waals surface area (Å²) in [5, 5.41) is 10.4. The lowest BCUT2D eigenvalue weighted by molar-refractivity contribution is -0.121. The van der Waals surface area contributed by atoms with Gasteiger partial charge in [0.2, 0.25) is 11.8 Å². The van der Waals surface area contributed by atoms with Crippen LogP contribution in [0.2, 0.25) is 0 Å². The Bertz CT molecular complexity index is 1250. The second kappa shape index (κ2) is 10.5. The molecule has 4 aliphatic rings. The average molecular weight is 538 g/mol. The van der Waals surface area contributed by atoms with E-state index in [0.717, 1.165) is 11.8 Å². The van der Waals surface area contributed by atoms with E-state index in [1.807, 2.05) is 13.8 Å². The van der Waals surface area contributed by atoms with E-state index < -0.39 is 17.2 Å². The van der Waals surface area contributed by atoms with E-state index in [0.29, 0.717) is 29.9 Å². The van der Waals surface area contributed by atoms with E-state index in [-0.39, 0.29) is 29.4 Å². The van der Waals surface area contributed by atoms with Gasteiger partial charge in [-0.3, -0.25) is 14.4 Å². The molecule has 0 unspecified atom stereocenters. The number of nitrogens with two attached hydrogens (primary N) is 1. The number of anilines is 1. The Morgan fingerprint density at radius 1 is 1.18 bits per heavy atom. The van der Waals surface area contributed by atoms with Gasteiger partial charge in [0.15, 0.2) is 5.82 Å². The summed E-state index contributed by atoms with van der Waals surface area (Å²) in [5.74, 6) is 2.15. The fraction of sp³-hybridized carbons (Fsp3) is 0.607. The van der Waals surface area contributed by atoms with E-state index in [4.69, 9.17) is 10.5 Å². The molecule has 4 saturated carbocycles. The Morgan fingerprint density at radius 2 is 1.85 bits per heavy atom. The first-order chi connectivity index (χ1) is 18.5. The first-order valence-corrected chi connectivity index (χ1v) is 13.9. The number of hydrogen-bond acceptors (Lipinski definition) is 6. The molecule has 210 valence electrons. The lowest BCUT2D eigenvalue weighted by Crippen LogP contribution is -2.55. The number of hydrogen-bond donors (Lipinski definition) is 4. The van der Waals surface area contributed by atoms with Crippen molar-refractivity contribution in [1.82, 2.24) is 25.1 Å². The van der Waals surface area contributed by atoms with Crippen molar-refractivity contribution in [3.05, 3.63) is 29.9 Å². The molecule has 2 heterocycles. The second-order valence-corrected chi connectivity index (χ2v) is 12.4. The maximum atomic E-state index is 13.5. The van der Waals surface area contributed by atoms with Gasteiger partial charge in [0.1, 0.15) is 11.3 Å². The summed E-state index contributed by atoms with van der Waals surface area (Å²) < 4.78 is 7.57. The number of nitrogens with zero attached hydrogens (tertiary/aromatic N) is 3. The lowest BCUT2D eigenvalue weighted by atomic mass is 9.54. The fourth-order valence-electron chi connectivity index (χ4n) is 6.57. The van der Waals surface area contributed by atoms with Gasteiger partial charge in [0, 0.05) is 12.2 Å². The van der Waals surface area contributed by atoms with E-state index in [1.165, 1.54) is 49.3 Å². The molecule has 0 saturated heterocycles. The van der Waals surface area contributed by atoms with Crippen LogP contribution in [0.5, 0.6) is 5.88 Å². The van der Waals surface area contributed by atoms with Gasteiger partial charge in [0.05, 0.1) is 24.5 Å². The molecule has 6 rings (SSSR count).